The van der Waals surface area contributed by atoms with E-state index in [2.05, 4.69) is 20.7 Å². The van der Waals surface area contributed by atoms with Crippen molar-refractivity contribution in [1.29, 1.82) is 0 Å². The molecule has 1 aromatic carbocycles. The number of benzene rings is 1. The average Bonchev–Trinajstić information content (AvgIpc) is 3.23. The highest BCUT2D eigenvalue weighted by Crippen LogP contribution is 2.46. The van der Waals surface area contributed by atoms with Crippen molar-refractivity contribution in [1.82, 2.24) is 30.4 Å². The van der Waals surface area contributed by atoms with Crippen molar-refractivity contribution >= 4 is 5.91 Å². The molecular formula is C21H27FN6O2. The Kier molecular flexibility index (Phi) is 5.02. The molecule has 1 spiro atoms. The zero-order chi connectivity index (χ0) is 20.7. The second kappa shape index (κ2) is 7.70. The van der Waals surface area contributed by atoms with Crippen LogP contribution in [0.2, 0.25) is 0 Å². The van der Waals surface area contributed by atoms with Crippen molar-refractivity contribution in [3.8, 4) is 5.69 Å². The molecule has 8 nitrogen and oxygen atoms in total. The minimum Gasteiger partial charge on any atom is -0.392 e. The summed E-state index contributed by atoms with van der Waals surface area (Å²) in [5.74, 6) is 0.583. The van der Waals surface area contributed by atoms with E-state index in [0.717, 1.165) is 32.2 Å². The van der Waals surface area contributed by atoms with Crippen LogP contribution >= 0.6 is 0 Å². The van der Waals surface area contributed by atoms with Gasteiger partial charge in [0.15, 0.2) is 5.82 Å². The molecule has 3 aliphatic rings. The van der Waals surface area contributed by atoms with Crippen LogP contribution in [0.5, 0.6) is 0 Å². The van der Waals surface area contributed by atoms with E-state index < -0.39 is 0 Å². The molecule has 9 heteroatoms. The largest absolute Gasteiger partial charge is 0.392 e. The zero-order valence-electron chi connectivity index (χ0n) is 16.9. The van der Waals surface area contributed by atoms with Crippen molar-refractivity contribution in [2.45, 2.75) is 56.6 Å². The molecule has 2 saturated heterocycles. The third-order valence-electron chi connectivity index (χ3n) is 7.17. The standard InChI is InChI=1S/C21H27FN6O2/c22-15-2-4-16(5-3-15)28-25-19(24-26-28)14-6-10-27(11-7-14)20(30)17-12-18(29)21(13-23-17)8-1-9-21/h2-5,14,17-18,23,29H,1,6-13H2/t17-,18+/m0/s1. The predicted molar refractivity (Wildman–Crippen MR) is 106 cm³/mol. The van der Waals surface area contributed by atoms with Crippen LogP contribution in [-0.4, -0.2) is 67.9 Å². The highest BCUT2D eigenvalue weighted by Gasteiger charge is 2.48. The number of aliphatic hydroxyl groups excluding tert-OH is 1. The monoisotopic (exact) mass is 414 g/mol. The van der Waals surface area contributed by atoms with Gasteiger partial charge in [-0.3, -0.25) is 4.79 Å². The highest BCUT2D eigenvalue weighted by atomic mass is 19.1. The maximum Gasteiger partial charge on any atom is 0.239 e. The van der Waals surface area contributed by atoms with Gasteiger partial charge in [0.2, 0.25) is 5.91 Å². The van der Waals surface area contributed by atoms with Crippen molar-refractivity contribution in [2.24, 2.45) is 5.41 Å². The molecule has 1 aliphatic carbocycles. The number of carbonyl (C=O) groups is 1. The molecule has 5 rings (SSSR count). The van der Waals surface area contributed by atoms with Crippen molar-refractivity contribution in [3.63, 3.8) is 0 Å². The quantitative estimate of drug-likeness (QED) is 0.788. The van der Waals surface area contributed by atoms with Crippen LogP contribution in [0.3, 0.4) is 0 Å². The molecule has 0 unspecified atom stereocenters. The van der Waals surface area contributed by atoms with E-state index >= 15 is 0 Å². The number of hydrogen-bond donors (Lipinski definition) is 2. The third-order valence-corrected chi connectivity index (χ3v) is 7.17. The van der Waals surface area contributed by atoms with Gasteiger partial charge in [0.25, 0.3) is 0 Å². The summed E-state index contributed by atoms with van der Waals surface area (Å²) in [6.07, 6.45) is 4.96. The summed E-state index contributed by atoms with van der Waals surface area (Å²) in [5.41, 5.74) is 0.667. The maximum atomic E-state index is 13.1. The fourth-order valence-corrected chi connectivity index (χ4v) is 4.98. The van der Waals surface area contributed by atoms with Crippen LogP contribution in [0, 0.1) is 11.2 Å². The van der Waals surface area contributed by atoms with E-state index in [1.54, 1.807) is 12.1 Å². The average molecular weight is 414 g/mol. The van der Waals surface area contributed by atoms with Crippen molar-refractivity contribution in [3.05, 3.63) is 35.9 Å². The van der Waals surface area contributed by atoms with Gasteiger partial charge in [0.1, 0.15) is 5.82 Å². The summed E-state index contributed by atoms with van der Waals surface area (Å²) in [6, 6.07) is 5.67. The molecule has 3 fully saturated rings. The smallest absolute Gasteiger partial charge is 0.239 e. The molecule has 0 radical (unpaired) electrons. The van der Waals surface area contributed by atoms with Gasteiger partial charge in [-0.05, 0) is 61.6 Å². The Morgan fingerprint density at radius 3 is 2.57 bits per heavy atom. The Hall–Kier alpha value is -2.39. The lowest BCUT2D eigenvalue weighted by atomic mass is 9.62. The Labute approximate surface area is 174 Å². The number of halogens is 1. The lowest BCUT2D eigenvalue weighted by molar-refractivity contribution is -0.140. The number of aromatic nitrogens is 4. The summed E-state index contributed by atoms with van der Waals surface area (Å²) < 4.78 is 13.1. The number of carbonyl (C=O) groups excluding carboxylic acids is 1. The fourth-order valence-electron chi connectivity index (χ4n) is 4.98. The first-order valence-corrected chi connectivity index (χ1v) is 10.8. The van der Waals surface area contributed by atoms with Crippen LogP contribution in [0.1, 0.15) is 50.3 Å². The normalized spacial score (nSPS) is 26.5. The number of piperidine rings is 2. The van der Waals surface area contributed by atoms with Gasteiger partial charge in [-0.2, -0.15) is 0 Å². The van der Waals surface area contributed by atoms with Gasteiger partial charge >= 0.3 is 0 Å². The number of aliphatic hydroxyl groups is 1. The van der Waals surface area contributed by atoms with Gasteiger partial charge in [-0.25, -0.2) is 4.39 Å². The molecular weight excluding hydrogens is 387 g/mol. The summed E-state index contributed by atoms with van der Waals surface area (Å²) >= 11 is 0. The first-order chi connectivity index (χ1) is 14.5. The molecule has 1 aromatic heterocycles. The topological polar surface area (TPSA) is 96.2 Å². The molecule has 160 valence electrons. The SMILES string of the molecule is O=C([C@@H]1C[C@@H](O)C2(CCC2)CN1)N1CCC(c2nnn(-c3ccc(F)cc3)n2)CC1. The maximum absolute atomic E-state index is 13.1. The van der Waals surface area contributed by atoms with Crippen molar-refractivity contribution in [2.75, 3.05) is 19.6 Å². The Morgan fingerprint density at radius 2 is 1.93 bits per heavy atom. The lowest BCUT2D eigenvalue weighted by Crippen LogP contribution is -2.61. The second-order valence-corrected chi connectivity index (χ2v) is 8.91. The summed E-state index contributed by atoms with van der Waals surface area (Å²) in [6.45, 7) is 2.03. The van der Waals surface area contributed by atoms with E-state index in [-0.39, 0.29) is 35.2 Å². The second-order valence-electron chi connectivity index (χ2n) is 8.91. The molecule has 1 saturated carbocycles. The first kappa shape index (κ1) is 19.6. The van der Waals surface area contributed by atoms with Gasteiger partial charge in [-0.15, -0.1) is 15.0 Å². The number of nitrogens with one attached hydrogen (secondary N) is 1. The third kappa shape index (κ3) is 3.50. The Morgan fingerprint density at radius 1 is 1.20 bits per heavy atom. The summed E-state index contributed by atoms with van der Waals surface area (Å²) in [7, 11) is 0. The van der Waals surface area contributed by atoms with E-state index in [1.165, 1.54) is 23.4 Å². The number of nitrogens with zero attached hydrogens (tertiary/aromatic N) is 5. The van der Waals surface area contributed by atoms with Crippen LogP contribution in [0.15, 0.2) is 24.3 Å². The number of rotatable bonds is 3. The number of amides is 1. The molecule has 30 heavy (non-hydrogen) atoms. The van der Waals surface area contributed by atoms with Gasteiger partial charge in [-0.1, -0.05) is 6.42 Å². The van der Waals surface area contributed by atoms with E-state index in [4.69, 9.17) is 0 Å². The fraction of sp³-hybridized carbons (Fsp3) is 0.619. The minimum atomic E-state index is -0.385. The van der Waals surface area contributed by atoms with Crippen LogP contribution in [0.25, 0.3) is 5.69 Å². The summed E-state index contributed by atoms with van der Waals surface area (Å²) in [5, 5.41) is 26.7. The number of likely N-dealkylation sites (tertiary alicyclic amines) is 1. The first-order valence-electron chi connectivity index (χ1n) is 10.8. The van der Waals surface area contributed by atoms with E-state index in [9.17, 15) is 14.3 Å². The Balaban J connectivity index is 1.17. The molecule has 0 bridgehead atoms. The van der Waals surface area contributed by atoms with Crippen LogP contribution in [-0.2, 0) is 4.79 Å². The van der Waals surface area contributed by atoms with Crippen LogP contribution < -0.4 is 5.32 Å². The molecule has 2 N–H and O–H groups in total. The van der Waals surface area contributed by atoms with Gasteiger partial charge in [0.05, 0.1) is 17.8 Å². The zero-order valence-corrected chi connectivity index (χ0v) is 16.9. The number of tetrazole rings is 1. The molecule has 2 atom stereocenters. The molecule has 2 aromatic rings. The highest BCUT2D eigenvalue weighted by molar-refractivity contribution is 5.82. The summed E-state index contributed by atoms with van der Waals surface area (Å²) in [4.78, 5) is 16.3. The van der Waals surface area contributed by atoms with E-state index in [0.29, 0.717) is 31.0 Å². The Bertz CT molecular complexity index is 904. The van der Waals surface area contributed by atoms with E-state index in [1.807, 2.05) is 4.90 Å². The predicted octanol–water partition coefficient (Wildman–Crippen LogP) is 1.40. The lowest BCUT2D eigenvalue weighted by Gasteiger charge is -2.50. The van der Waals surface area contributed by atoms with Gasteiger partial charge < -0.3 is 15.3 Å². The minimum absolute atomic E-state index is 0.00575. The number of hydrogen-bond acceptors (Lipinski definition) is 6. The van der Waals surface area contributed by atoms with Crippen molar-refractivity contribution < 1.29 is 14.3 Å². The molecule has 2 aliphatic heterocycles. The molecule has 1 amide bonds. The van der Waals surface area contributed by atoms with Crippen LogP contribution in [0.4, 0.5) is 4.39 Å². The molecule has 3 heterocycles. The van der Waals surface area contributed by atoms with Gasteiger partial charge in [0, 0.05) is 31.0 Å².